The van der Waals surface area contributed by atoms with Gasteiger partial charge in [0.1, 0.15) is 5.78 Å². The summed E-state index contributed by atoms with van der Waals surface area (Å²) in [5.41, 5.74) is 0. The van der Waals surface area contributed by atoms with E-state index >= 15 is 0 Å². The van der Waals surface area contributed by atoms with Gasteiger partial charge in [-0.1, -0.05) is 18.2 Å². The van der Waals surface area contributed by atoms with Gasteiger partial charge in [0.25, 0.3) is 0 Å². The summed E-state index contributed by atoms with van der Waals surface area (Å²) in [7, 11) is 0. The quantitative estimate of drug-likeness (QED) is 0.738. The molecule has 0 bridgehead atoms. The van der Waals surface area contributed by atoms with Crippen molar-refractivity contribution >= 4 is 17.5 Å². The van der Waals surface area contributed by atoms with E-state index in [1.165, 1.54) is 4.90 Å². The second-order valence-electron chi connectivity index (χ2n) is 3.92. The van der Waals surface area contributed by atoms with Crippen molar-refractivity contribution in [3.63, 3.8) is 0 Å². The van der Waals surface area contributed by atoms with E-state index in [0.29, 0.717) is 5.78 Å². The van der Waals surface area contributed by atoms with Gasteiger partial charge in [0.2, 0.25) is 0 Å². The van der Waals surface area contributed by atoms with Crippen LogP contribution in [0.25, 0.3) is 0 Å². The molecule has 0 heterocycles. The summed E-state index contributed by atoms with van der Waals surface area (Å²) in [6.45, 7) is 2.07. The first-order valence-corrected chi connectivity index (χ1v) is 5.80. The lowest BCUT2D eigenvalue weighted by Gasteiger charge is -2.20. The van der Waals surface area contributed by atoms with Crippen LogP contribution in [0.4, 0.5) is 0 Å². The van der Waals surface area contributed by atoms with Gasteiger partial charge in [-0.25, -0.2) is 0 Å². The molecule has 0 saturated heterocycles. The van der Waals surface area contributed by atoms with Crippen LogP contribution < -0.4 is 0 Å². The average Bonchev–Trinajstić information content (AvgIpc) is 2.48. The van der Waals surface area contributed by atoms with Crippen LogP contribution in [0.15, 0.2) is 35.2 Å². The highest BCUT2D eigenvalue weighted by Crippen LogP contribution is 2.42. The first-order valence-electron chi connectivity index (χ1n) is 4.98. The van der Waals surface area contributed by atoms with E-state index in [4.69, 9.17) is 0 Å². The number of carbonyl (C=O) groups excluding carboxylic acids is 1. The highest BCUT2D eigenvalue weighted by atomic mass is 32.2. The van der Waals surface area contributed by atoms with Gasteiger partial charge in [-0.05, 0) is 31.9 Å². The SMILES string of the molecule is CC1(Sc2ccccc2)CCCC1=O. The standard InChI is InChI=1S/C12H14OS/c1-12(9-5-8-11(12)13)14-10-6-3-2-4-7-10/h2-4,6-7H,5,8-9H2,1H3. The Hall–Kier alpha value is -0.760. The Morgan fingerprint density at radius 1 is 1.29 bits per heavy atom. The van der Waals surface area contributed by atoms with E-state index in [1.54, 1.807) is 11.8 Å². The molecule has 0 N–H and O–H groups in total. The predicted molar refractivity (Wildman–Crippen MR) is 59.6 cm³/mol. The molecule has 2 heteroatoms. The molecule has 0 spiro atoms. The summed E-state index contributed by atoms with van der Waals surface area (Å²) in [5.74, 6) is 0.409. The van der Waals surface area contributed by atoms with Gasteiger partial charge < -0.3 is 0 Å². The molecule has 14 heavy (non-hydrogen) atoms. The molecule has 1 fully saturated rings. The van der Waals surface area contributed by atoms with Crippen LogP contribution in [0.5, 0.6) is 0 Å². The maximum absolute atomic E-state index is 11.7. The molecule has 1 aliphatic carbocycles. The van der Waals surface area contributed by atoms with E-state index in [1.807, 2.05) is 18.2 Å². The molecule has 1 nitrogen and oxygen atoms in total. The molecule has 74 valence electrons. The summed E-state index contributed by atoms with van der Waals surface area (Å²) < 4.78 is -0.165. The molecule has 0 aromatic heterocycles. The summed E-state index contributed by atoms with van der Waals surface area (Å²) in [4.78, 5) is 12.9. The van der Waals surface area contributed by atoms with Crippen molar-refractivity contribution in [3.8, 4) is 0 Å². The number of carbonyl (C=O) groups is 1. The highest BCUT2D eigenvalue weighted by Gasteiger charge is 2.38. The van der Waals surface area contributed by atoms with Gasteiger partial charge in [0.05, 0.1) is 4.75 Å². The molecular weight excluding hydrogens is 192 g/mol. The molecule has 0 amide bonds. The van der Waals surface area contributed by atoms with Crippen molar-refractivity contribution in [2.24, 2.45) is 0 Å². The van der Waals surface area contributed by atoms with Crippen LogP contribution >= 0.6 is 11.8 Å². The molecular formula is C12H14OS. The van der Waals surface area contributed by atoms with Crippen molar-refractivity contribution in [3.05, 3.63) is 30.3 Å². The topological polar surface area (TPSA) is 17.1 Å². The number of rotatable bonds is 2. The number of benzene rings is 1. The first kappa shape index (κ1) is 9.78. The smallest absolute Gasteiger partial charge is 0.148 e. The third-order valence-electron chi connectivity index (χ3n) is 2.73. The Kier molecular flexibility index (Phi) is 2.64. The Bertz CT molecular complexity index is 333. The van der Waals surface area contributed by atoms with Crippen molar-refractivity contribution in [2.45, 2.75) is 35.8 Å². The zero-order chi connectivity index (χ0) is 10.0. The number of Topliss-reactive ketones (excluding diaryl/α,β-unsaturated/α-hetero) is 1. The number of hydrogen-bond acceptors (Lipinski definition) is 2. The molecule has 0 radical (unpaired) electrons. The molecule has 1 atom stereocenters. The summed E-state index contributed by atoms with van der Waals surface area (Å²) in [5, 5.41) is 0. The zero-order valence-corrected chi connectivity index (χ0v) is 9.14. The summed E-state index contributed by atoms with van der Waals surface area (Å²) in [6.07, 6.45) is 2.83. The Labute approximate surface area is 88.9 Å². The largest absolute Gasteiger partial charge is 0.298 e. The Morgan fingerprint density at radius 3 is 2.57 bits per heavy atom. The van der Waals surface area contributed by atoms with E-state index in [9.17, 15) is 4.79 Å². The minimum absolute atomic E-state index is 0.165. The van der Waals surface area contributed by atoms with Gasteiger partial charge in [-0.2, -0.15) is 0 Å². The second-order valence-corrected chi connectivity index (χ2v) is 5.50. The van der Waals surface area contributed by atoms with E-state index in [-0.39, 0.29) is 4.75 Å². The second kappa shape index (κ2) is 3.77. The van der Waals surface area contributed by atoms with Gasteiger partial charge >= 0.3 is 0 Å². The Morgan fingerprint density at radius 2 is 2.00 bits per heavy atom. The molecule has 2 rings (SSSR count). The van der Waals surface area contributed by atoms with E-state index in [0.717, 1.165) is 19.3 Å². The fourth-order valence-electron chi connectivity index (χ4n) is 1.85. The van der Waals surface area contributed by atoms with Crippen LogP contribution in [0.1, 0.15) is 26.2 Å². The molecule has 1 saturated carbocycles. The van der Waals surface area contributed by atoms with Gasteiger partial charge in [-0.3, -0.25) is 4.79 Å². The van der Waals surface area contributed by atoms with E-state index < -0.39 is 0 Å². The molecule has 0 aliphatic heterocycles. The van der Waals surface area contributed by atoms with Crippen molar-refractivity contribution in [1.82, 2.24) is 0 Å². The fraction of sp³-hybridized carbons (Fsp3) is 0.417. The van der Waals surface area contributed by atoms with Gasteiger partial charge in [0, 0.05) is 11.3 Å². The van der Waals surface area contributed by atoms with Gasteiger partial charge in [0.15, 0.2) is 0 Å². The molecule has 1 aromatic rings. The van der Waals surface area contributed by atoms with Crippen LogP contribution in [0, 0.1) is 0 Å². The summed E-state index contributed by atoms with van der Waals surface area (Å²) in [6, 6.07) is 10.2. The minimum Gasteiger partial charge on any atom is -0.298 e. The fourth-order valence-corrected chi connectivity index (χ4v) is 3.12. The lowest BCUT2D eigenvalue weighted by atomic mass is 10.1. The lowest BCUT2D eigenvalue weighted by Crippen LogP contribution is -2.24. The van der Waals surface area contributed by atoms with Crippen LogP contribution in [0.2, 0.25) is 0 Å². The van der Waals surface area contributed by atoms with Crippen LogP contribution in [0.3, 0.4) is 0 Å². The first-order chi connectivity index (χ1) is 6.71. The normalized spacial score (nSPS) is 26.8. The molecule has 1 aromatic carbocycles. The Balaban J connectivity index is 2.14. The molecule has 1 aliphatic rings. The van der Waals surface area contributed by atoms with Crippen LogP contribution in [-0.2, 0) is 4.79 Å². The maximum atomic E-state index is 11.7. The van der Waals surface area contributed by atoms with Crippen molar-refractivity contribution < 1.29 is 4.79 Å². The van der Waals surface area contributed by atoms with Crippen molar-refractivity contribution in [2.75, 3.05) is 0 Å². The third kappa shape index (κ3) is 1.85. The van der Waals surface area contributed by atoms with Crippen molar-refractivity contribution in [1.29, 1.82) is 0 Å². The predicted octanol–water partition coefficient (Wildman–Crippen LogP) is 3.29. The van der Waals surface area contributed by atoms with Gasteiger partial charge in [-0.15, -0.1) is 11.8 Å². The minimum atomic E-state index is -0.165. The monoisotopic (exact) mass is 206 g/mol. The zero-order valence-electron chi connectivity index (χ0n) is 8.32. The average molecular weight is 206 g/mol. The third-order valence-corrected chi connectivity index (χ3v) is 4.12. The van der Waals surface area contributed by atoms with E-state index in [2.05, 4.69) is 19.1 Å². The maximum Gasteiger partial charge on any atom is 0.148 e. The number of hydrogen-bond donors (Lipinski definition) is 0. The number of ketones is 1. The number of thioether (sulfide) groups is 1. The lowest BCUT2D eigenvalue weighted by molar-refractivity contribution is -0.119. The highest BCUT2D eigenvalue weighted by molar-refractivity contribution is 8.01. The summed E-state index contributed by atoms with van der Waals surface area (Å²) >= 11 is 1.71. The molecule has 1 unspecified atom stereocenters. The van der Waals surface area contributed by atoms with Crippen LogP contribution in [-0.4, -0.2) is 10.5 Å².